The Labute approximate surface area is 132 Å². The number of amides is 2. The monoisotopic (exact) mass is 318 g/mol. The van der Waals surface area contributed by atoms with Crippen LogP contribution in [0.3, 0.4) is 0 Å². The van der Waals surface area contributed by atoms with Crippen LogP contribution in [0.15, 0.2) is 16.8 Å². The number of nitrogens with one attached hydrogen (secondary N) is 1. The Hall–Kier alpha value is -2.48. The molecule has 0 aliphatic carbocycles. The van der Waals surface area contributed by atoms with Gasteiger partial charge in [-0.2, -0.15) is 0 Å². The third-order valence-electron chi connectivity index (χ3n) is 3.81. The number of hydrogen-bond donors (Lipinski definition) is 1. The van der Waals surface area contributed by atoms with Crippen LogP contribution in [0.25, 0.3) is 11.1 Å². The van der Waals surface area contributed by atoms with Gasteiger partial charge >= 0.3 is 0 Å². The standard InChI is InChI=1S/C15H18N4O4/c1-9-12-7-11(8-16-14(12)23-18-9)13(20)17-10(2)15(21)19-3-5-22-6-4-19/h7-8,10H,3-6H2,1-2H3,(H,17,20)/t10-/m0/s1. The molecule has 0 radical (unpaired) electrons. The van der Waals surface area contributed by atoms with E-state index in [-0.39, 0.29) is 11.8 Å². The first-order chi connectivity index (χ1) is 11.1. The zero-order chi connectivity index (χ0) is 16.4. The molecule has 0 aromatic carbocycles. The van der Waals surface area contributed by atoms with Gasteiger partial charge in [-0.15, -0.1) is 0 Å². The van der Waals surface area contributed by atoms with E-state index in [2.05, 4.69) is 15.5 Å². The lowest BCUT2D eigenvalue weighted by molar-refractivity contribution is -0.136. The minimum Gasteiger partial charge on any atom is -0.378 e. The average Bonchev–Trinajstić information content (AvgIpc) is 2.95. The molecular formula is C15H18N4O4. The number of aromatic nitrogens is 2. The van der Waals surface area contributed by atoms with Crippen LogP contribution in [-0.2, 0) is 9.53 Å². The number of carbonyl (C=O) groups is 2. The third-order valence-corrected chi connectivity index (χ3v) is 3.81. The number of morpholine rings is 1. The summed E-state index contributed by atoms with van der Waals surface area (Å²) < 4.78 is 10.2. The molecule has 0 spiro atoms. The highest BCUT2D eigenvalue weighted by atomic mass is 16.5. The van der Waals surface area contributed by atoms with Crippen LogP contribution in [0.1, 0.15) is 23.0 Å². The quantitative estimate of drug-likeness (QED) is 0.885. The van der Waals surface area contributed by atoms with E-state index in [0.29, 0.717) is 48.7 Å². The molecule has 2 amide bonds. The number of rotatable bonds is 3. The molecule has 1 atom stereocenters. The van der Waals surface area contributed by atoms with Gasteiger partial charge in [0.2, 0.25) is 5.91 Å². The molecule has 3 heterocycles. The molecule has 2 aromatic heterocycles. The van der Waals surface area contributed by atoms with Gasteiger partial charge in [0.25, 0.3) is 11.6 Å². The summed E-state index contributed by atoms with van der Waals surface area (Å²) in [6, 6.07) is 1.05. The zero-order valence-corrected chi connectivity index (χ0v) is 13.0. The van der Waals surface area contributed by atoms with Crippen molar-refractivity contribution in [1.29, 1.82) is 0 Å². The molecule has 23 heavy (non-hydrogen) atoms. The Morgan fingerprint density at radius 2 is 2.09 bits per heavy atom. The van der Waals surface area contributed by atoms with Gasteiger partial charge in [0.05, 0.1) is 29.9 Å². The zero-order valence-electron chi connectivity index (χ0n) is 13.0. The predicted octanol–water partition coefficient (Wildman–Crippen LogP) is 0.508. The molecule has 1 saturated heterocycles. The Morgan fingerprint density at radius 3 is 2.83 bits per heavy atom. The summed E-state index contributed by atoms with van der Waals surface area (Å²) >= 11 is 0. The van der Waals surface area contributed by atoms with E-state index in [0.717, 1.165) is 0 Å². The third kappa shape index (κ3) is 3.16. The van der Waals surface area contributed by atoms with Crippen LogP contribution in [0.2, 0.25) is 0 Å². The number of ether oxygens (including phenoxy) is 1. The fraction of sp³-hybridized carbons (Fsp3) is 0.467. The van der Waals surface area contributed by atoms with Gasteiger partial charge in [-0.25, -0.2) is 4.98 Å². The molecule has 1 aliphatic rings. The van der Waals surface area contributed by atoms with Crippen LogP contribution in [0.4, 0.5) is 0 Å². The maximum absolute atomic E-state index is 12.3. The van der Waals surface area contributed by atoms with Gasteiger partial charge in [-0.05, 0) is 19.9 Å². The number of fused-ring (bicyclic) bond motifs is 1. The second-order valence-electron chi connectivity index (χ2n) is 5.48. The maximum Gasteiger partial charge on any atom is 0.257 e. The van der Waals surface area contributed by atoms with Gasteiger partial charge in [-0.3, -0.25) is 9.59 Å². The fourth-order valence-corrected chi connectivity index (χ4v) is 2.47. The molecule has 3 rings (SSSR count). The Bertz CT molecular complexity index is 736. The van der Waals surface area contributed by atoms with Gasteiger partial charge in [-0.1, -0.05) is 5.16 Å². The maximum atomic E-state index is 12.3. The summed E-state index contributed by atoms with van der Waals surface area (Å²) in [7, 11) is 0. The van der Waals surface area contributed by atoms with Crippen LogP contribution < -0.4 is 5.32 Å². The average molecular weight is 318 g/mol. The van der Waals surface area contributed by atoms with Crippen molar-refractivity contribution in [3.05, 3.63) is 23.5 Å². The van der Waals surface area contributed by atoms with Gasteiger partial charge in [0.1, 0.15) is 6.04 Å². The topological polar surface area (TPSA) is 97.6 Å². The minimum atomic E-state index is -0.611. The molecule has 8 heteroatoms. The van der Waals surface area contributed by atoms with Crippen molar-refractivity contribution in [3.63, 3.8) is 0 Å². The molecule has 0 bridgehead atoms. The van der Waals surface area contributed by atoms with Crippen LogP contribution in [0.5, 0.6) is 0 Å². The highest BCUT2D eigenvalue weighted by molar-refractivity contribution is 5.99. The van der Waals surface area contributed by atoms with Crippen molar-refractivity contribution in [2.45, 2.75) is 19.9 Å². The number of nitrogens with zero attached hydrogens (tertiary/aromatic N) is 3. The summed E-state index contributed by atoms with van der Waals surface area (Å²) in [5.74, 6) is -0.467. The molecular weight excluding hydrogens is 300 g/mol. The normalized spacial score (nSPS) is 16.3. The van der Waals surface area contributed by atoms with Crippen molar-refractivity contribution in [2.75, 3.05) is 26.3 Å². The molecule has 0 saturated carbocycles. The van der Waals surface area contributed by atoms with Crippen LogP contribution >= 0.6 is 0 Å². The first-order valence-corrected chi connectivity index (χ1v) is 7.45. The lowest BCUT2D eigenvalue weighted by Crippen LogP contribution is -2.50. The molecule has 1 fully saturated rings. The van der Waals surface area contributed by atoms with Gasteiger partial charge in [0.15, 0.2) is 0 Å². The van der Waals surface area contributed by atoms with Crippen molar-refractivity contribution < 1.29 is 18.8 Å². The second-order valence-corrected chi connectivity index (χ2v) is 5.48. The molecule has 122 valence electrons. The molecule has 1 aliphatic heterocycles. The SMILES string of the molecule is Cc1noc2ncc(C(=O)N[C@@H](C)C(=O)N3CCOCC3)cc12. The first kappa shape index (κ1) is 15.4. The predicted molar refractivity (Wildman–Crippen MR) is 80.9 cm³/mol. The number of aryl methyl sites for hydroxylation is 1. The van der Waals surface area contributed by atoms with Crippen LogP contribution in [0, 0.1) is 6.92 Å². The second kappa shape index (κ2) is 6.33. The molecule has 0 unspecified atom stereocenters. The van der Waals surface area contributed by atoms with E-state index in [1.165, 1.54) is 6.20 Å². The fourth-order valence-electron chi connectivity index (χ4n) is 2.47. The largest absolute Gasteiger partial charge is 0.378 e. The Balaban J connectivity index is 1.69. The van der Waals surface area contributed by atoms with Crippen molar-refractivity contribution in [1.82, 2.24) is 20.4 Å². The molecule has 2 aromatic rings. The summed E-state index contributed by atoms with van der Waals surface area (Å²) in [6.07, 6.45) is 1.41. The Kier molecular flexibility index (Phi) is 4.24. The van der Waals surface area contributed by atoms with E-state index >= 15 is 0 Å². The highest BCUT2D eigenvalue weighted by Gasteiger charge is 2.24. The first-order valence-electron chi connectivity index (χ1n) is 7.45. The van der Waals surface area contributed by atoms with E-state index in [1.54, 1.807) is 24.8 Å². The lowest BCUT2D eigenvalue weighted by atomic mass is 10.2. The van der Waals surface area contributed by atoms with E-state index in [9.17, 15) is 9.59 Å². The smallest absolute Gasteiger partial charge is 0.257 e. The number of hydrogen-bond acceptors (Lipinski definition) is 6. The summed E-state index contributed by atoms with van der Waals surface area (Å²) in [5.41, 5.74) is 1.42. The van der Waals surface area contributed by atoms with E-state index in [1.807, 2.05) is 0 Å². The highest BCUT2D eigenvalue weighted by Crippen LogP contribution is 2.16. The van der Waals surface area contributed by atoms with Crippen molar-refractivity contribution in [3.8, 4) is 0 Å². The van der Waals surface area contributed by atoms with Gasteiger partial charge < -0.3 is 19.5 Å². The minimum absolute atomic E-state index is 0.114. The van der Waals surface area contributed by atoms with E-state index < -0.39 is 6.04 Å². The van der Waals surface area contributed by atoms with Crippen LogP contribution in [-0.4, -0.2) is 59.2 Å². The van der Waals surface area contributed by atoms with Crippen molar-refractivity contribution in [2.24, 2.45) is 0 Å². The summed E-state index contributed by atoms with van der Waals surface area (Å²) in [4.78, 5) is 30.4. The molecule has 8 nitrogen and oxygen atoms in total. The lowest BCUT2D eigenvalue weighted by Gasteiger charge is -2.29. The number of carbonyl (C=O) groups excluding carboxylic acids is 2. The van der Waals surface area contributed by atoms with E-state index in [4.69, 9.17) is 9.26 Å². The Morgan fingerprint density at radius 1 is 1.35 bits per heavy atom. The summed E-state index contributed by atoms with van der Waals surface area (Å²) in [6.45, 7) is 5.60. The van der Waals surface area contributed by atoms with Gasteiger partial charge in [0, 0.05) is 19.3 Å². The molecule has 1 N–H and O–H groups in total. The van der Waals surface area contributed by atoms with Crippen molar-refractivity contribution >= 4 is 22.9 Å². The summed E-state index contributed by atoms with van der Waals surface area (Å²) in [5, 5.41) is 7.20. The number of pyridine rings is 1.